The molecule has 0 aromatic heterocycles. The maximum Gasteiger partial charge on any atom is 0.194 e. The second-order valence-electron chi connectivity index (χ2n) is 9.16. The summed E-state index contributed by atoms with van der Waals surface area (Å²) in [6.07, 6.45) is 0. The number of nitrogens with zero attached hydrogens (tertiary/aromatic N) is 4. The van der Waals surface area contributed by atoms with Gasteiger partial charge in [0.05, 0.1) is 11.4 Å². The Balaban J connectivity index is 2.05. The summed E-state index contributed by atoms with van der Waals surface area (Å²) in [5, 5.41) is 0. The lowest BCUT2D eigenvalue weighted by molar-refractivity contribution is 0.0979. The second kappa shape index (κ2) is 9.07. The zero-order valence-corrected chi connectivity index (χ0v) is 20.2. The van der Waals surface area contributed by atoms with Crippen LogP contribution in [-0.4, -0.2) is 61.2 Å². The summed E-state index contributed by atoms with van der Waals surface area (Å²) in [7, 11) is 7.79. The van der Waals surface area contributed by atoms with E-state index >= 15 is 0 Å². The first-order valence-electron chi connectivity index (χ1n) is 10.9. The van der Waals surface area contributed by atoms with E-state index < -0.39 is 0 Å². The number of amidine groups is 2. The lowest BCUT2D eigenvalue weighted by Gasteiger charge is -2.21. The Kier molecular flexibility index (Phi) is 6.63. The van der Waals surface area contributed by atoms with E-state index in [1.807, 2.05) is 38.0 Å². The number of hydrogen-bond donors (Lipinski definition) is 0. The molecule has 32 heavy (non-hydrogen) atoms. The Morgan fingerprint density at radius 1 is 0.625 bits per heavy atom. The molecule has 0 unspecified atom stereocenters. The largest absolute Gasteiger partial charge is 0.366 e. The third-order valence-corrected chi connectivity index (χ3v) is 5.42. The summed E-state index contributed by atoms with van der Waals surface area (Å²) in [4.78, 5) is 39.9. The third-order valence-electron chi connectivity index (χ3n) is 5.42. The van der Waals surface area contributed by atoms with Crippen LogP contribution in [0.3, 0.4) is 0 Å². The minimum absolute atomic E-state index is 0.158. The predicted octanol–water partition coefficient (Wildman–Crippen LogP) is 4.96. The van der Waals surface area contributed by atoms with Crippen molar-refractivity contribution in [3.8, 4) is 0 Å². The monoisotopic (exact) mass is 432 g/mol. The quantitative estimate of drug-likeness (QED) is 0.432. The molecule has 0 saturated heterocycles. The molecule has 0 aliphatic heterocycles. The van der Waals surface area contributed by atoms with Crippen LogP contribution in [0.25, 0.3) is 0 Å². The van der Waals surface area contributed by atoms with Crippen molar-refractivity contribution in [1.29, 1.82) is 0 Å². The van der Waals surface area contributed by atoms with Crippen LogP contribution in [0.2, 0.25) is 0 Å². The summed E-state index contributed by atoms with van der Waals surface area (Å²) in [6.45, 7) is 8.29. The smallest absolute Gasteiger partial charge is 0.194 e. The maximum atomic E-state index is 13.3. The highest BCUT2D eigenvalue weighted by atomic mass is 16.1. The van der Waals surface area contributed by atoms with Gasteiger partial charge in [0.1, 0.15) is 11.7 Å². The fourth-order valence-corrected chi connectivity index (χ4v) is 4.02. The minimum Gasteiger partial charge on any atom is -0.366 e. The number of carbonyl (C=O) groups excluding carboxylic acids is 2. The van der Waals surface area contributed by atoms with Gasteiger partial charge in [-0.15, -0.1) is 0 Å². The van der Waals surface area contributed by atoms with Crippen molar-refractivity contribution >= 4 is 34.6 Å². The summed E-state index contributed by atoms with van der Waals surface area (Å²) < 4.78 is 0. The molecule has 0 fully saturated rings. The van der Waals surface area contributed by atoms with E-state index in [2.05, 4.69) is 27.7 Å². The molecule has 0 spiro atoms. The summed E-state index contributed by atoms with van der Waals surface area (Å²) in [5.74, 6) is 1.96. The van der Waals surface area contributed by atoms with Crippen LogP contribution >= 0.6 is 0 Å². The molecule has 0 atom stereocenters. The van der Waals surface area contributed by atoms with Gasteiger partial charge in [-0.25, -0.2) is 9.98 Å². The van der Waals surface area contributed by atoms with Gasteiger partial charge >= 0.3 is 0 Å². The molecule has 3 rings (SSSR count). The first-order chi connectivity index (χ1) is 15.0. The van der Waals surface area contributed by atoms with E-state index in [1.165, 1.54) is 0 Å². The Morgan fingerprint density at radius 3 is 1.25 bits per heavy atom. The normalized spacial score (nSPS) is 14.1. The van der Waals surface area contributed by atoms with Gasteiger partial charge in [-0.2, -0.15) is 0 Å². The molecule has 6 nitrogen and oxygen atoms in total. The number of aliphatic imine (C=N–C) groups is 2. The Hall–Kier alpha value is -3.28. The number of hydrogen-bond acceptors (Lipinski definition) is 4. The molecule has 2 aromatic carbocycles. The van der Waals surface area contributed by atoms with Crippen LogP contribution in [-0.2, 0) is 0 Å². The molecule has 1 aliphatic rings. The third kappa shape index (κ3) is 4.49. The van der Waals surface area contributed by atoms with Crippen molar-refractivity contribution in [3.05, 3.63) is 58.7 Å². The molecular weight excluding hydrogens is 400 g/mol. The van der Waals surface area contributed by atoms with Crippen molar-refractivity contribution in [2.24, 2.45) is 21.8 Å². The molecule has 0 heterocycles. The van der Waals surface area contributed by atoms with E-state index in [0.717, 1.165) is 11.7 Å². The van der Waals surface area contributed by atoms with E-state index in [0.29, 0.717) is 33.6 Å². The fraction of sp³-hybridized carbons (Fsp3) is 0.385. The first-order valence-corrected chi connectivity index (χ1v) is 10.9. The SMILES string of the molecule is CC(C)C(=Nc1ccc2c(c1)C(=O)c1ccc(N=C(C(C)C)N(C)C)cc1C2=O)N(C)C. The molecule has 0 bridgehead atoms. The summed E-state index contributed by atoms with van der Waals surface area (Å²) in [6, 6.07) is 10.5. The standard InChI is InChI=1S/C26H32N4O2/c1-15(2)25(29(5)6)27-17-9-11-19-21(13-17)23(31)20-12-10-18(14-22(20)24(19)32)28-26(16(3)4)30(7)8/h9-16H,1-8H3. The highest BCUT2D eigenvalue weighted by molar-refractivity contribution is 6.28. The molecule has 2 aromatic rings. The molecule has 0 amide bonds. The highest BCUT2D eigenvalue weighted by Crippen LogP contribution is 2.32. The number of benzene rings is 2. The van der Waals surface area contributed by atoms with Gasteiger partial charge in [-0.3, -0.25) is 9.59 Å². The van der Waals surface area contributed by atoms with E-state index in [-0.39, 0.29) is 23.4 Å². The summed E-state index contributed by atoms with van der Waals surface area (Å²) in [5.41, 5.74) is 2.96. The Labute approximate surface area is 190 Å². The highest BCUT2D eigenvalue weighted by Gasteiger charge is 2.30. The predicted molar refractivity (Wildman–Crippen MR) is 131 cm³/mol. The van der Waals surface area contributed by atoms with Crippen molar-refractivity contribution < 1.29 is 9.59 Å². The number of rotatable bonds is 4. The average Bonchev–Trinajstić information content (AvgIpc) is 2.73. The van der Waals surface area contributed by atoms with Crippen LogP contribution in [0.15, 0.2) is 46.4 Å². The lowest BCUT2D eigenvalue weighted by Crippen LogP contribution is -2.26. The fourth-order valence-electron chi connectivity index (χ4n) is 4.02. The van der Waals surface area contributed by atoms with Crippen molar-refractivity contribution in [1.82, 2.24) is 9.80 Å². The first kappa shape index (κ1) is 23.4. The van der Waals surface area contributed by atoms with Crippen LogP contribution in [0.1, 0.15) is 59.5 Å². The zero-order chi connectivity index (χ0) is 23.7. The second-order valence-corrected chi connectivity index (χ2v) is 9.16. The van der Waals surface area contributed by atoms with Crippen molar-refractivity contribution in [2.75, 3.05) is 28.2 Å². The van der Waals surface area contributed by atoms with Gasteiger partial charge < -0.3 is 9.80 Å². The van der Waals surface area contributed by atoms with Crippen LogP contribution in [0.4, 0.5) is 11.4 Å². The van der Waals surface area contributed by atoms with Crippen LogP contribution < -0.4 is 0 Å². The van der Waals surface area contributed by atoms with Gasteiger partial charge in [0, 0.05) is 62.3 Å². The number of carbonyl (C=O) groups is 2. The Morgan fingerprint density at radius 2 is 0.969 bits per heavy atom. The molecular formula is C26H32N4O2. The van der Waals surface area contributed by atoms with Gasteiger partial charge in [-0.05, 0) is 36.4 Å². The van der Waals surface area contributed by atoms with Crippen molar-refractivity contribution in [3.63, 3.8) is 0 Å². The number of fused-ring (bicyclic) bond motifs is 2. The Bertz CT molecular complexity index is 1020. The van der Waals surface area contributed by atoms with E-state index in [1.54, 1.807) is 36.4 Å². The molecule has 6 heteroatoms. The lowest BCUT2D eigenvalue weighted by atomic mass is 9.83. The van der Waals surface area contributed by atoms with Gasteiger partial charge in [0.25, 0.3) is 0 Å². The molecule has 0 saturated carbocycles. The maximum absolute atomic E-state index is 13.3. The average molecular weight is 433 g/mol. The molecule has 168 valence electrons. The number of ketones is 2. The van der Waals surface area contributed by atoms with E-state index in [9.17, 15) is 9.59 Å². The van der Waals surface area contributed by atoms with Gasteiger partial charge in [-0.1, -0.05) is 27.7 Å². The van der Waals surface area contributed by atoms with Crippen molar-refractivity contribution in [2.45, 2.75) is 27.7 Å². The molecule has 0 radical (unpaired) electrons. The molecule has 1 aliphatic carbocycles. The van der Waals surface area contributed by atoms with Gasteiger partial charge in [0.2, 0.25) is 0 Å². The molecule has 0 N–H and O–H groups in total. The zero-order valence-electron chi connectivity index (χ0n) is 20.2. The van der Waals surface area contributed by atoms with Gasteiger partial charge in [0.15, 0.2) is 11.6 Å². The summed E-state index contributed by atoms with van der Waals surface area (Å²) >= 11 is 0. The van der Waals surface area contributed by atoms with E-state index in [4.69, 9.17) is 9.98 Å². The minimum atomic E-state index is -0.158. The topological polar surface area (TPSA) is 65.3 Å². The van der Waals surface area contributed by atoms with Crippen LogP contribution in [0.5, 0.6) is 0 Å². The van der Waals surface area contributed by atoms with Crippen LogP contribution in [0, 0.1) is 11.8 Å².